The Hall–Kier alpha value is -0.220. The van der Waals surface area contributed by atoms with Crippen LogP contribution in [-0.2, 0) is 4.79 Å². The minimum atomic E-state index is -0.861. The largest absolute Gasteiger partial charge is 0.480 e. The van der Waals surface area contributed by atoms with E-state index in [2.05, 4.69) is 17.5 Å². The summed E-state index contributed by atoms with van der Waals surface area (Å²) in [6.45, 7) is 3.64. The van der Waals surface area contributed by atoms with E-state index in [9.17, 15) is 4.79 Å². The summed E-state index contributed by atoms with van der Waals surface area (Å²) in [4.78, 5) is 10.3. The lowest BCUT2D eigenvalue weighted by Crippen LogP contribution is -2.35. The molecule has 0 saturated carbocycles. The number of carboxylic acids is 1. The van der Waals surface area contributed by atoms with Crippen molar-refractivity contribution in [1.29, 1.82) is 0 Å². The standard InChI is InChI=1S/C5H11NO2S/c1-3(2)4(6-9)5(7)8/h3-4,6,9H,1-2H3,(H,7,8). The van der Waals surface area contributed by atoms with Crippen LogP contribution in [0.1, 0.15) is 13.8 Å². The van der Waals surface area contributed by atoms with Gasteiger partial charge in [0.25, 0.3) is 0 Å². The molecule has 0 bridgehead atoms. The molecule has 0 fully saturated rings. The number of carboxylic acid groups (broad SMARTS) is 1. The number of aliphatic carboxylic acids is 1. The first-order valence-corrected chi connectivity index (χ1v) is 3.16. The molecule has 0 aliphatic rings. The summed E-state index contributed by atoms with van der Waals surface area (Å²) >= 11 is 3.66. The third-order valence-electron chi connectivity index (χ3n) is 1.07. The van der Waals surface area contributed by atoms with Crippen molar-refractivity contribution < 1.29 is 9.90 Å². The summed E-state index contributed by atoms with van der Waals surface area (Å²) in [7, 11) is 0. The van der Waals surface area contributed by atoms with E-state index in [1.807, 2.05) is 13.8 Å². The highest BCUT2D eigenvalue weighted by Gasteiger charge is 2.18. The maximum atomic E-state index is 10.3. The van der Waals surface area contributed by atoms with E-state index in [0.717, 1.165) is 0 Å². The van der Waals surface area contributed by atoms with Gasteiger partial charge in [0.2, 0.25) is 0 Å². The van der Waals surface area contributed by atoms with E-state index in [1.165, 1.54) is 0 Å². The zero-order chi connectivity index (χ0) is 7.44. The van der Waals surface area contributed by atoms with Crippen molar-refractivity contribution in [3.8, 4) is 0 Å². The maximum absolute atomic E-state index is 10.3. The summed E-state index contributed by atoms with van der Waals surface area (Å²) in [6.07, 6.45) is 0. The van der Waals surface area contributed by atoms with Crippen LogP contribution in [0, 0.1) is 5.92 Å². The quantitative estimate of drug-likeness (QED) is 0.513. The molecule has 0 spiro atoms. The van der Waals surface area contributed by atoms with Gasteiger partial charge in [-0.05, 0) is 5.92 Å². The minimum Gasteiger partial charge on any atom is -0.480 e. The van der Waals surface area contributed by atoms with Crippen molar-refractivity contribution in [1.82, 2.24) is 4.72 Å². The molecule has 0 aromatic rings. The van der Waals surface area contributed by atoms with Crippen LogP contribution in [0.3, 0.4) is 0 Å². The van der Waals surface area contributed by atoms with Gasteiger partial charge in [0.1, 0.15) is 6.04 Å². The highest BCUT2D eigenvalue weighted by molar-refractivity contribution is 7.78. The number of nitrogens with one attached hydrogen (secondary N) is 1. The van der Waals surface area contributed by atoms with E-state index in [4.69, 9.17) is 5.11 Å². The molecular formula is C5H11NO2S. The Morgan fingerprint density at radius 2 is 2.11 bits per heavy atom. The molecule has 54 valence electrons. The predicted octanol–water partition coefficient (Wildman–Crippen LogP) is 0.530. The minimum absolute atomic E-state index is 0.0694. The van der Waals surface area contributed by atoms with Crippen LogP contribution < -0.4 is 4.72 Å². The third kappa shape index (κ3) is 2.72. The van der Waals surface area contributed by atoms with Crippen LogP contribution in [0.2, 0.25) is 0 Å². The van der Waals surface area contributed by atoms with Crippen LogP contribution in [-0.4, -0.2) is 17.1 Å². The zero-order valence-electron chi connectivity index (χ0n) is 5.46. The molecule has 0 aliphatic heterocycles. The van der Waals surface area contributed by atoms with Gasteiger partial charge < -0.3 is 5.11 Å². The third-order valence-corrected chi connectivity index (χ3v) is 1.35. The van der Waals surface area contributed by atoms with E-state index in [-0.39, 0.29) is 5.92 Å². The average molecular weight is 149 g/mol. The van der Waals surface area contributed by atoms with E-state index in [1.54, 1.807) is 0 Å². The highest BCUT2D eigenvalue weighted by atomic mass is 32.1. The first-order chi connectivity index (χ1) is 4.09. The Balaban J connectivity index is 3.83. The Kier molecular flexibility index (Phi) is 3.65. The van der Waals surface area contributed by atoms with Crippen molar-refractivity contribution >= 4 is 18.8 Å². The molecule has 0 rings (SSSR count). The van der Waals surface area contributed by atoms with Crippen molar-refractivity contribution in [2.24, 2.45) is 5.92 Å². The van der Waals surface area contributed by atoms with Gasteiger partial charge in [0.05, 0.1) is 0 Å². The van der Waals surface area contributed by atoms with Crippen LogP contribution in [0.15, 0.2) is 0 Å². The SMILES string of the molecule is CC(C)C(NS)C(=O)O. The van der Waals surface area contributed by atoms with Gasteiger partial charge in [-0.2, -0.15) is 0 Å². The Morgan fingerprint density at radius 3 is 2.11 bits per heavy atom. The fraction of sp³-hybridized carbons (Fsp3) is 0.800. The Bertz CT molecular complexity index is 105. The van der Waals surface area contributed by atoms with E-state index < -0.39 is 12.0 Å². The molecule has 0 radical (unpaired) electrons. The Labute approximate surface area is 60.0 Å². The van der Waals surface area contributed by atoms with Gasteiger partial charge >= 0.3 is 5.97 Å². The first-order valence-electron chi connectivity index (χ1n) is 2.72. The zero-order valence-corrected chi connectivity index (χ0v) is 6.35. The molecule has 9 heavy (non-hydrogen) atoms. The second-order valence-electron chi connectivity index (χ2n) is 2.19. The maximum Gasteiger partial charge on any atom is 0.321 e. The summed E-state index contributed by atoms with van der Waals surface area (Å²) in [5.74, 6) is -0.792. The van der Waals surface area contributed by atoms with Crippen LogP contribution in [0.5, 0.6) is 0 Å². The molecule has 0 aromatic carbocycles. The molecule has 0 aromatic heterocycles. The average Bonchev–Trinajstić information content (AvgIpc) is 1.64. The normalized spacial score (nSPS) is 13.8. The summed E-state index contributed by atoms with van der Waals surface area (Å²) < 4.78 is 2.40. The fourth-order valence-electron chi connectivity index (χ4n) is 0.489. The molecular weight excluding hydrogens is 138 g/mol. The van der Waals surface area contributed by atoms with Crippen molar-refractivity contribution in [3.63, 3.8) is 0 Å². The van der Waals surface area contributed by atoms with Gasteiger partial charge in [-0.15, -0.1) is 0 Å². The lowest BCUT2D eigenvalue weighted by atomic mass is 10.1. The van der Waals surface area contributed by atoms with Gasteiger partial charge in [0.15, 0.2) is 0 Å². The number of thiol groups is 1. The summed E-state index contributed by atoms with van der Waals surface area (Å²) in [6, 6.07) is -0.548. The smallest absolute Gasteiger partial charge is 0.321 e. The predicted molar refractivity (Wildman–Crippen MR) is 38.4 cm³/mol. The molecule has 0 heterocycles. The second-order valence-corrected chi connectivity index (χ2v) is 2.45. The van der Waals surface area contributed by atoms with Crippen LogP contribution >= 0.6 is 12.8 Å². The first kappa shape index (κ1) is 8.78. The molecule has 1 atom stereocenters. The fourth-order valence-corrected chi connectivity index (χ4v) is 0.898. The monoisotopic (exact) mass is 149 g/mol. The van der Waals surface area contributed by atoms with Gasteiger partial charge in [0, 0.05) is 0 Å². The molecule has 0 amide bonds. The highest BCUT2D eigenvalue weighted by Crippen LogP contribution is 2.01. The number of hydrogen-bond acceptors (Lipinski definition) is 3. The lowest BCUT2D eigenvalue weighted by molar-refractivity contribution is -0.139. The molecule has 3 nitrogen and oxygen atoms in total. The van der Waals surface area contributed by atoms with Crippen molar-refractivity contribution in [2.75, 3.05) is 0 Å². The van der Waals surface area contributed by atoms with Gasteiger partial charge in [-0.3, -0.25) is 9.52 Å². The molecule has 4 heteroatoms. The number of rotatable bonds is 3. The van der Waals surface area contributed by atoms with Gasteiger partial charge in [-0.1, -0.05) is 26.7 Å². The molecule has 0 saturated heterocycles. The number of hydrogen-bond donors (Lipinski definition) is 3. The van der Waals surface area contributed by atoms with Crippen LogP contribution in [0.25, 0.3) is 0 Å². The van der Waals surface area contributed by atoms with Crippen molar-refractivity contribution in [2.45, 2.75) is 19.9 Å². The van der Waals surface area contributed by atoms with Crippen LogP contribution in [0.4, 0.5) is 0 Å². The second kappa shape index (κ2) is 3.74. The van der Waals surface area contributed by atoms with E-state index in [0.29, 0.717) is 0 Å². The molecule has 1 unspecified atom stereocenters. The summed E-state index contributed by atoms with van der Waals surface area (Å²) in [5.41, 5.74) is 0. The molecule has 0 aliphatic carbocycles. The number of carbonyl (C=O) groups is 1. The lowest BCUT2D eigenvalue weighted by Gasteiger charge is -2.12. The Morgan fingerprint density at radius 1 is 1.67 bits per heavy atom. The van der Waals surface area contributed by atoms with Crippen molar-refractivity contribution in [3.05, 3.63) is 0 Å². The molecule has 2 N–H and O–H groups in total. The summed E-state index contributed by atoms with van der Waals surface area (Å²) in [5, 5.41) is 8.43. The van der Waals surface area contributed by atoms with E-state index >= 15 is 0 Å². The topological polar surface area (TPSA) is 49.3 Å². The van der Waals surface area contributed by atoms with Gasteiger partial charge in [-0.25, -0.2) is 0 Å².